The Morgan fingerprint density at radius 2 is 1.02 bits per heavy atom. The van der Waals surface area contributed by atoms with Crippen LogP contribution < -0.4 is 4.90 Å². The van der Waals surface area contributed by atoms with E-state index < -0.39 is 0 Å². The molecule has 12 rings (SSSR count). The first-order chi connectivity index (χ1) is 31.7. The average molecular weight is 821 g/mol. The summed E-state index contributed by atoms with van der Waals surface area (Å²) in [4.78, 5) is 2.31. The lowest BCUT2D eigenvalue weighted by Crippen LogP contribution is -2.10. The van der Waals surface area contributed by atoms with Crippen LogP contribution in [0.25, 0.3) is 82.8 Å². The molecule has 0 bridgehead atoms. The van der Waals surface area contributed by atoms with Gasteiger partial charge in [0.1, 0.15) is 5.58 Å². The van der Waals surface area contributed by atoms with Gasteiger partial charge in [0.25, 0.3) is 0 Å². The van der Waals surface area contributed by atoms with Crippen LogP contribution in [0.15, 0.2) is 241 Å². The molecule has 1 unspecified atom stereocenters. The molecular weight excluding hydrogens is 777 g/mol. The van der Waals surface area contributed by atoms with Crippen molar-refractivity contribution in [3.63, 3.8) is 0 Å². The van der Waals surface area contributed by atoms with Crippen molar-refractivity contribution < 1.29 is 4.42 Å². The number of anilines is 3. The number of rotatable bonds is 8. The summed E-state index contributed by atoms with van der Waals surface area (Å²) in [5, 5.41) is 4.75. The largest absolute Gasteiger partial charge is 0.454 e. The summed E-state index contributed by atoms with van der Waals surface area (Å²) in [5.41, 5.74) is 16.9. The van der Waals surface area contributed by atoms with Crippen LogP contribution >= 0.6 is 0 Å². The average Bonchev–Trinajstić information content (AvgIpc) is 3.91. The number of aromatic nitrogens is 1. The lowest BCUT2D eigenvalue weighted by atomic mass is 9.84. The van der Waals surface area contributed by atoms with Gasteiger partial charge in [-0.2, -0.15) is 0 Å². The zero-order chi connectivity index (χ0) is 42.6. The van der Waals surface area contributed by atoms with E-state index >= 15 is 0 Å². The fourth-order valence-electron chi connectivity index (χ4n) is 9.91. The first-order valence-corrected chi connectivity index (χ1v) is 22.2. The molecule has 0 N–H and O–H groups in total. The lowest BCUT2D eigenvalue weighted by Gasteiger charge is -2.26. The highest BCUT2D eigenvalue weighted by atomic mass is 16.3. The molecule has 0 aliphatic heterocycles. The normalized spacial score (nSPS) is 14.8. The second-order valence-corrected chi connectivity index (χ2v) is 16.9. The molecule has 0 spiro atoms. The first-order valence-electron chi connectivity index (χ1n) is 22.2. The first kappa shape index (κ1) is 37.6. The predicted octanol–water partition coefficient (Wildman–Crippen LogP) is 17.0. The third-order valence-electron chi connectivity index (χ3n) is 13.2. The van der Waals surface area contributed by atoms with E-state index in [0.717, 1.165) is 50.1 Å². The van der Waals surface area contributed by atoms with Crippen molar-refractivity contribution in [2.45, 2.75) is 12.8 Å². The molecule has 1 aliphatic rings. The van der Waals surface area contributed by atoms with E-state index in [9.17, 15) is 0 Å². The summed E-state index contributed by atoms with van der Waals surface area (Å²) in [6.07, 6.45) is 9.00. The summed E-state index contributed by atoms with van der Waals surface area (Å²) < 4.78 is 9.07. The standard InChI is InChI=1S/C61H44N2O/c1-41-14-5-6-17-50(41)47-34-39-53-52-19-8-11-23-57(52)63(59(53)40-47)56-22-10-7-18-51(56)46-28-26-43(27-29-46)45-32-37-49(38-33-45)62(48-35-30-44(31-36-48)42-15-3-2-4-16-42)58-24-13-21-55-54-20-9-12-25-60(54)64-61(55)58/h2-41,50H,1H3/t41?,50-/m0/s1. The molecule has 0 saturated carbocycles. The fraction of sp³-hybridized carbons (Fsp3) is 0.0492. The highest BCUT2D eigenvalue weighted by Gasteiger charge is 2.22. The maximum atomic E-state index is 6.60. The molecule has 3 heteroatoms. The van der Waals surface area contributed by atoms with Gasteiger partial charge in [-0.15, -0.1) is 0 Å². The molecule has 9 aromatic carbocycles. The van der Waals surface area contributed by atoms with E-state index in [0.29, 0.717) is 11.8 Å². The monoisotopic (exact) mass is 820 g/mol. The molecule has 0 fully saturated rings. The SMILES string of the molecule is CC1C=CC=C[C@@H]1c1ccc2c3ccccc3n(-c3ccccc3-c3ccc(-c4ccc(N(c5ccc(-c6ccccc6)cc5)c5cccc6c5oc5ccccc56)cc4)cc3)c2c1. The summed E-state index contributed by atoms with van der Waals surface area (Å²) in [7, 11) is 0. The number of allylic oxidation sites excluding steroid dienone is 4. The molecule has 2 aromatic heterocycles. The van der Waals surface area contributed by atoms with Crippen LogP contribution in [0, 0.1) is 5.92 Å². The number of nitrogens with zero attached hydrogens (tertiary/aromatic N) is 2. The van der Waals surface area contributed by atoms with Gasteiger partial charge in [-0.1, -0.05) is 189 Å². The minimum atomic E-state index is 0.346. The molecular formula is C61H44N2O. The van der Waals surface area contributed by atoms with Crippen LogP contribution in [0.5, 0.6) is 0 Å². The van der Waals surface area contributed by atoms with Crippen LogP contribution in [-0.4, -0.2) is 4.57 Å². The van der Waals surface area contributed by atoms with Gasteiger partial charge >= 0.3 is 0 Å². The van der Waals surface area contributed by atoms with Gasteiger partial charge in [-0.05, 0) is 93.9 Å². The Kier molecular flexibility index (Phi) is 9.19. The molecule has 64 heavy (non-hydrogen) atoms. The van der Waals surface area contributed by atoms with Crippen molar-refractivity contribution >= 4 is 60.8 Å². The van der Waals surface area contributed by atoms with Gasteiger partial charge in [0, 0.05) is 44.4 Å². The lowest BCUT2D eigenvalue weighted by molar-refractivity contribution is 0.636. The van der Waals surface area contributed by atoms with E-state index in [-0.39, 0.29) is 0 Å². The van der Waals surface area contributed by atoms with Gasteiger partial charge in [0.05, 0.1) is 22.4 Å². The van der Waals surface area contributed by atoms with Crippen LogP contribution in [0.2, 0.25) is 0 Å². The van der Waals surface area contributed by atoms with Crippen LogP contribution in [0.4, 0.5) is 17.1 Å². The Hall–Kier alpha value is -8.14. The molecule has 2 heterocycles. The molecule has 0 radical (unpaired) electrons. The van der Waals surface area contributed by atoms with Crippen molar-refractivity contribution in [1.82, 2.24) is 4.57 Å². The molecule has 0 amide bonds. The second-order valence-electron chi connectivity index (χ2n) is 16.9. The molecule has 11 aromatic rings. The van der Waals surface area contributed by atoms with Crippen molar-refractivity contribution in [2.75, 3.05) is 4.90 Å². The minimum Gasteiger partial charge on any atom is -0.454 e. The topological polar surface area (TPSA) is 21.3 Å². The minimum absolute atomic E-state index is 0.346. The zero-order valence-corrected chi connectivity index (χ0v) is 35.5. The molecule has 1 aliphatic carbocycles. The van der Waals surface area contributed by atoms with E-state index in [2.05, 4.69) is 241 Å². The Bertz CT molecular complexity index is 3550. The number of hydrogen-bond donors (Lipinski definition) is 0. The van der Waals surface area contributed by atoms with Gasteiger partial charge in [-0.3, -0.25) is 0 Å². The summed E-state index contributed by atoms with van der Waals surface area (Å²) in [5.74, 6) is 0.787. The molecule has 0 saturated heterocycles. The van der Waals surface area contributed by atoms with Crippen LogP contribution in [0.3, 0.4) is 0 Å². The Labute approximate surface area is 373 Å². The van der Waals surface area contributed by atoms with E-state index in [1.165, 1.54) is 55.3 Å². The van der Waals surface area contributed by atoms with Gasteiger partial charge in [-0.25, -0.2) is 0 Å². The highest BCUT2D eigenvalue weighted by Crippen LogP contribution is 2.44. The fourth-order valence-corrected chi connectivity index (χ4v) is 9.91. The summed E-state index contributed by atoms with van der Waals surface area (Å²) >= 11 is 0. The number of hydrogen-bond acceptors (Lipinski definition) is 2. The maximum absolute atomic E-state index is 6.60. The van der Waals surface area contributed by atoms with Gasteiger partial charge in [0.2, 0.25) is 0 Å². The van der Waals surface area contributed by atoms with Crippen molar-refractivity contribution in [3.05, 3.63) is 242 Å². The van der Waals surface area contributed by atoms with Gasteiger partial charge < -0.3 is 13.9 Å². The summed E-state index contributed by atoms with van der Waals surface area (Å²) in [6.45, 7) is 2.31. The third-order valence-corrected chi connectivity index (χ3v) is 13.2. The van der Waals surface area contributed by atoms with E-state index in [4.69, 9.17) is 4.42 Å². The number of fused-ring (bicyclic) bond motifs is 6. The van der Waals surface area contributed by atoms with Gasteiger partial charge in [0.15, 0.2) is 5.58 Å². The number of para-hydroxylation sites is 4. The van der Waals surface area contributed by atoms with Crippen LogP contribution in [-0.2, 0) is 0 Å². The zero-order valence-electron chi connectivity index (χ0n) is 35.5. The smallest absolute Gasteiger partial charge is 0.159 e. The number of benzene rings is 9. The maximum Gasteiger partial charge on any atom is 0.159 e. The Balaban J connectivity index is 0.907. The quantitative estimate of drug-likeness (QED) is 0.152. The molecule has 2 atom stereocenters. The summed E-state index contributed by atoms with van der Waals surface area (Å²) in [6, 6.07) is 76.7. The van der Waals surface area contributed by atoms with E-state index in [1.54, 1.807) is 0 Å². The Morgan fingerprint density at radius 1 is 0.438 bits per heavy atom. The van der Waals surface area contributed by atoms with Crippen LogP contribution in [0.1, 0.15) is 18.4 Å². The second kappa shape index (κ2) is 15.6. The van der Waals surface area contributed by atoms with E-state index in [1.807, 2.05) is 12.1 Å². The molecule has 304 valence electrons. The van der Waals surface area contributed by atoms with Crippen molar-refractivity contribution in [1.29, 1.82) is 0 Å². The number of furan rings is 1. The highest BCUT2D eigenvalue weighted by molar-refractivity contribution is 6.11. The third kappa shape index (κ3) is 6.44. The predicted molar refractivity (Wildman–Crippen MR) is 269 cm³/mol. The van der Waals surface area contributed by atoms with Crippen molar-refractivity contribution in [3.8, 4) is 39.1 Å². The Morgan fingerprint density at radius 3 is 1.77 bits per heavy atom. The van der Waals surface area contributed by atoms with Crippen molar-refractivity contribution in [2.24, 2.45) is 5.92 Å². The molecule has 3 nitrogen and oxygen atoms in total.